The lowest BCUT2D eigenvalue weighted by atomic mass is 9.90. The third kappa shape index (κ3) is 4.40. The van der Waals surface area contributed by atoms with Crippen LogP contribution in [-0.4, -0.2) is 35.6 Å². The van der Waals surface area contributed by atoms with Crippen molar-refractivity contribution in [2.24, 2.45) is 5.92 Å². The van der Waals surface area contributed by atoms with Crippen LogP contribution >= 0.6 is 0 Å². The van der Waals surface area contributed by atoms with Crippen LogP contribution in [0.15, 0.2) is 12.4 Å². The van der Waals surface area contributed by atoms with E-state index in [1.165, 1.54) is 19.3 Å². The highest BCUT2D eigenvalue weighted by atomic mass is 15.2. The summed E-state index contributed by atoms with van der Waals surface area (Å²) in [6.07, 6.45) is 5.42. The highest BCUT2D eigenvalue weighted by Gasteiger charge is 2.24. The normalized spacial score (nSPS) is 18.2. The predicted octanol–water partition coefficient (Wildman–Crippen LogP) is 3.20. The zero-order valence-electron chi connectivity index (χ0n) is 14.0. The van der Waals surface area contributed by atoms with Crippen LogP contribution in [0.3, 0.4) is 0 Å². The summed E-state index contributed by atoms with van der Waals surface area (Å²) >= 11 is 0. The van der Waals surface area contributed by atoms with Crippen LogP contribution in [0.2, 0.25) is 0 Å². The average Bonchev–Trinajstić information content (AvgIpc) is 2.53. The number of piperidine rings is 1. The van der Waals surface area contributed by atoms with Crippen molar-refractivity contribution in [3.63, 3.8) is 0 Å². The van der Waals surface area contributed by atoms with Crippen molar-refractivity contribution in [3.05, 3.63) is 18.1 Å². The molecule has 1 aromatic heterocycles. The second kappa shape index (κ2) is 7.74. The molecule has 2 rings (SSSR count). The van der Waals surface area contributed by atoms with Crippen LogP contribution in [-0.2, 0) is 0 Å². The van der Waals surface area contributed by atoms with Crippen molar-refractivity contribution in [1.82, 2.24) is 15.3 Å². The highest BCUT2D eigenvalue weighted by molar-refractivity contribution is 5.40. The maximum Gasteiger partial charge on any atom is 0.132 e. The second-order valence-electron chi connectivity index (χ2n) is 6.52. The molecule has 4 heteroatoms. The van der Waals surface area contributed by atoms with Crippen molar-refractivity contribution in [2.75, 3.05) is 24.5 Å². The van der Waals surface area contributed by atoms with E-state index in [0.29, 0.717) is 12.0 Å². The Morgan fingerprint density at radius 2 is 1.95 bits per heavy atom. The number of nitrogens with zero attached hydrogens (tertiary/aromatic N) is 3. The second-order valence-corrected chi connectivity index (χ2v) is 6.52. The van der Waals surface area contributed by atoms with Crippen molar-refractivity contribution in [2.45, 2.75) is 58.9 Å². The molecule has 0 amide bonds. The van der Waals surface area contributed by atoms with Gasteiger partial charge in [-0.1, -0.05) is 20.8 Å². The molecule has 0 bridgehead atoms. The monoisotopic (exact) mass is 290 g/mol. The Kier molecular flexibility index (Phi) is 5.97. The topological polar surface area (TPSA) is 41.0 Å². The lowest BCUT2D eigenvalue weighted by Crippen LogP contribution is -2.42. The minimum atomic E-state index is 0.461. The Hall–Kier alpha value is -1.16. The number of hydrogen-bond acceptors (Lipinski definition) is 4. The fourth-order valence-corrected chi connectivity index (χ4v) is 3.02. The number of rotatable bonds is 6. The first-order chi connectivity index (χ1) is 10.1. The molecule has 1 aliphatic rings. The van der Waals surface area contributed by atoms with Crippen LogP contribution in [0.5, 0.6) is 0 Å². The van der Waals surface area contributed by atoms with E-state index >= 15 is 0 Å². The van der Waals surface area contributed by atoms with Crippen molar-refractivity contribution in [1.29, 1.82) is 0 Å². The van der Waals surface area contributed by atoms with Gasteiger partial charge in [-0.05, 0) is 44.6 Å². The van der Waals surface area contributed by atoms with Gasteiger partial charge in [-0.25, -0.2) is 9.97 Å². The Balaban J connectivity index is 1.90. The first-order valence-corrected chi connectivity index (χ1v) is 8.42. The Labute approximate surface area is 129 Å². The minimum absolute atomic E-state index is 0.461. The van der Waals surface area contributed by atoms with Gasteiger partial charge in [-0.2, -0.15) is 0 Å². The van der Waals surface area contributed by atoms with Gasteiger partial charge in [0, 0.05) is 30.9 Å². The number of aromatic nitrogens is 2. The van der Waals surface area contributed by atoms with E-state index in [0.717, 1.165) is 37.1 Å². The summed E-state index contributed by atoms with van der Waals surface area (Å²) in [6.45, 7) is 12.3. The van der Waals surface area contributed by atoms with Crippen LogP contribution in [0.4, 0.5) is 5.82 Å². The maximum absolute atomic E-state index is 4.46. The van der Waals surface area contributed by atoms with E-state index in [9.17, 15) is 0 Å². The fourth-order valence-electron chi connectivity index (χ4n) is 3.02. The molecule has 1 aromatic rings. The van der Waals surface area contributed by atoms with Crippen molar-refractivity contribution >= 4 is 5.82 Å². The largest absolute Gasteiger partial charge is 0.356 e. The van der Waals surface area contributed by atoms with Gasteiger partial charge in [0.15, 0.2) is 0 Å². The number of anilines is 1. The lowest BCUT2D eigenvalue weighted by Gasteiger charge is -2.36. The third-order valence-corrected chi connectivity index (χ3v) is 4.55. The minimum Gasteiger partial charge on any atom is -0.356 e. The molecule has 1 fully saturated rings. The van der Waals surface area contributed by atoms with E-state index < -0.39 is 0 Å². The van der Waals surface area contributed by atoms with Gasteiger partial charge < -0.3 is 10.2 Å². The summed E-state index contributed by atoms with van der Waals surface area (Å²) < 4.78 is 0. The zero-order chi connectivity index (χ0) is 15.2. The molecule has 0 spiro atoms. The summed E-state index contributed by atoms with van der Waals surface area (Å²) in [4.78, 5) is 11.2. The quantitative estimate of drug-likeness (QED) is 0.873. The molecule has 0 aromatic carbocycles. The van der Waals surface area contributed by atoms with E-state index in [4.69, 9.17) is 0 Å². The van der Waals surface area contributed by atoms with Crippen LogP contribution in [0, 0.1) is 5.92 Å². The van der Waals surface area contributed by atoms with Crippen molar-refractivity contribution in [3.8, 4) is 0 Å². The Morgan fingerprint density at radius 1 is 1.24 bits per heavy atom. The van der Waals surface area contributed by atoms with Gasteiger partial charge in [-0.15, -0.1) is 0 Å². The highest BCUT2D eigenvalue weighted by Crippen LogP contribution is 2.25. The van der Waals surface area contributed by atoms with Crippen LogP contribution < -0.4 is 10.2 Å². The van der Waals surface area contributed by atoms with Crippen LogP contribution in [0.1, 0.15) is 58.6 Å². The Morgan fingerprint density at radius 3 is 2.57 bits per heavy atom. The van der Waals surface area contributed by atoms with Gasteiger partial charge in [0.2, 0.25) is 0 Å². The molecule has 21 heavy (non-hydrogen) atoms. The predicted molar refractivity (Wildman–Crippen MR) is 88.8 cm³/mol. The summed E-state index contributed by atoms with van der Waals surface area (Å²) in [6, 6.07) is 2.78. The summed E-state index contributed by atoms with van der Waals surface area (Å²) in [5, 5.41) is 3.64. The Bertz CT molecular complexity index is 425. The molecule has 0 saturated carbocycles. The smallest absolute Gasteiger partial charge is 0.132 e. The summed E-state index contributed by atoms with van der Waals surface area (Å²) in [5.41, 5.74) is 1.14. The standard InChI is InChI=1S/C17H30N4/c1-5-8-18-14(4)15-6-9-21(10-7-15)17-11-16(13(2)3)19-12-20-17/h11-15,18H,5-10H2,1-4H3. The van der Waals surface area contributed by atoms with E-state index in [2.05, 4.69) is 53.9 Å². The van der Waals surface area contributed by atoms with Gasteiger partial charge in [0.05, 0.1) is 0 Å². The van der Waals surface area contributed by atoms with E-state index in [1.807, 2.05) is 0 Å². The first-order valence-electron chi connectivity index (χ1n) is 8.42. The molecule has 1 N–H and O–H groups in total. The molecule has 0 aliphatic carbocycles. The third-order valence-electron chi connectivity index (χ3n) is 4.55. The van der Waals surface area contributed by atoms with E-state index in [1.54, 1.807) is 6.33 Å². The SMILES string of the molecule is CCCNC(C)C1CCN(c2cc(C(C)C)ncn2)CC1. The number of nitrogens with one attached hydrogen (secondary N) is 1. The molecular weight excluding hydrogens is 260 g/mol. The lowest BCUT2D eigenvalue weighted by molar-refractivity contribution is 0.311. The molecule has 118 valence electrons. The van der Waals surface area contributed by atoms with Gasteiger partial charge >= 0.3 is 0 Å². The molecule has 0 radical (unpaired) electrons. The zero-order valence-corrected chi connectivity index (χ0v) is 14.0. The molecule has 1 saturated heterocycles. The molecule has 4 nitrogen and oxygen atoms in total. The average molecular weight is 290 g/mol. The van der Waals surface area contributed by atoms with Crippen molar-refractivity contribution < 1.29 is 0 Å². The molecule has 1 unspecified atom stereocenters. The van der Waals surface area contributed by atoms with Gasteiger partial charge in [0.25, 0.3) is 0 Å². The first kappa shape index (κ1) is 16.2. The fraction of sp³-hybridized carbons (Fsp3) is 0.765. The maximum atomic E-state index is 4.46. The number of hydrogen-bond donors (Lipinski definition) is 1. The van der Waals surface area contributed by atoms with E-state index in [-0.39, 0.29) is 0 Å². The van der Waals surface area contributed by atoms with Gasteiger partial charge in [0.1, 0.15) is 12.1 Å². The van der Waals surface area contributed by atoms with Gasteiger partial charge in [-0.3, -0.25) is 0 Å². The van der Waals surface area contributed by atoms with Crippen LogP contribution in [0.25, 0.3) is 0 Å². The summed E-state index contributed by atoms with van der Waals surface area (Å²) in [5.74, 6) is 2.35. The molecule has 2 heterocycles. The molecular formula is C17H30N4. The molecule has 1 atom stereocenters. The summed E-state index contributed by atoms with van der Waals surface area (Å²) in [7, 11) is 0. The molecule has 1 aliphatic heterocycles.